The van der Waals surface area contributed by atoms with Crippen LogP contribution in [0.5, 0.6) is 0 Å². The summed E-state index contributed by atoms with van der Waals surface area (Å²) >= 11 is 5.10. The molecule has 1 N–H and O–H groups in total. The number of aryl methyl sites for hydroxylation is 1. The smallest absolute Gasteiger partial charge is 0.335 e. The number of nitrogens with zero attached hydrogens (tertiary/aromatic N) is 3. The fourth-order valence-electron chi connectivity index (χ4n) is 3.24. The number of thiocarbonyl (C=S) groups is 1. The van der Waals surface area contributed by atoms with E-state index in [1.807, 2.05) is 24.5 Å². The molecule has 1 aliphatic heterocycles. The van der Waals surface area contributed by atoms with Gasteiger partial charge in [0.1, 0.15) is 5.57 Å². The van der Waals surface area contributed by atoms with Crippen molar-refractivity contribution in [1.29, 1.82) is 0 Å². The summed E-state index contributed by atoms with van der Waals surface area (Å²) in [7, 11) is 3.06. The van der Waals surface area contributed by atoms with Gasteiger partial charge in [-0.05, 0) is 62.0 Å². The number of carbonyl (C=O) groups excluding carboxylic acids is 2. The van der Waals surface area contributed by atoms with Crippen LogP contribution < -0.4 is 0 Å². The Morgan fingerprint density at radius 2 is 1.68 bits per heavy atom. The molecule has 3 rings (SSSR count). The zero-order valence-corrected chi connectivity index (χ0v) is 16.7. The summed E-state index contributed by atoms with van der Waals surface area (Å²) in [5.41, 5.74) is 3.23. The van der Waals surface area contributed by atoms with E-state index in [4.69, 9.17) is 12.2 Å². The second-order valence-corrected chi connectivity index (χ2v) is 6.95. The molecular weight excluding hydrogens is 378 g/mol. The summed E-state index contributed by atoms with van der Waals surface area (Å²) in [4.78, 5) is 38.9. The van der Waals surface area contributed by atoms with E-state index in [-0.39, 0.29) is 16.2 Å². The molecule has 0 unspecified atom stereocenters. The second kappa shape index (κ2) is 7.05. The Morgan fingerprint density at radius 3 is 2.25 bits per heavy atom. The summed E-state index contributed by atoms with van der Waals surface area (Å²) in [6, 6.07) is 8.44. The normalized spacial score (nSPS) is 14.7. The molecule has 0 atom stereocenters. The lowest BCUT2D eigenvalue weighted by molar-refractivity contribution is -0.132. The standard InChI is InChI=1S/C20H19N3O4S/c1-11-8-14(10-16-17(24)21(3)20(28)22(4)18(16)25)12(2)23(11)15-7-5-6-13(9-15)19(26)27/h5-10H,1-4H3,(H,26,27). The Kier molecular flexibility index (Phi) is 4.91. The van der Waals surface area contributed by atoms with Crippen LogP contribution in [0.1, 0.15) is 27.3 Å². The van der Waals surface area contributed by atoms with Gasteiger partial charge in [-0.3, -0.25) is 19.4 Å². The van der Waals surface area contributed by atoms with Crippen molar-refractivity contribution in [3.05, 3.63) is 58.4 Å². The molecule has 1 aliphatic rings. The molecular formula is C20H19N3O4S. The van der Waals surface area contributed by atoms with E-state index < -0.39 is 17.8 Å². The van der Waals surface area contributed by atoms with Gasteiger partial charge in [0.2, 0.25) is 0 Å². The van der Waals surface area contributed by atoms with Gasteiger partial charge in [0.05, 0.1) is 5.56 Å². The Bertz CT molecular complexity index is 1040. The van der Waals surface area contributed by atoms with Gasteiger partial charge in [-0.25, -0.2) is 4.79 Å². The number of likely N-dealkylation sites (N-methyl/N-ethyl adjacent to an activating group) is 2. The van der Waals surface area contributed by atoms with Crippen LogP contribution in [0, 0.1) is 13.8 Å². The topological polar surface area (TPSA) is 82.9 Å². The second-order valence-electron chi connectivity index (χ2n) is 6.59. The minimum atomic E-state index is -1.01. The average molecular weight is 397 g/mol. The number of rotatable bonds is 3. The largest absolute Gasteiger partial charge is 0.478 e. The van der Waals surface area contributed by atoms with E-state index in [2.05, 4.69) is 0 Å². The minimum absolute atomic E-state index is 0.0261. The highest BCUT2D eigenvalue weighted by Gasteiger charge is 2.35. The quantitative estimate of drug-likeness (QED) is 0.489. The summed E-state index contributed by atoms with van der Waals surface area (Å²) in [6.07, 6.45) is 1.55. The van der Waals surface area contributed by atoms with E-state index in [0.717, 1.165) is 11.4 Å². The van der Waals surface area contributed by atoms with Gasteiger partial charge >= 0.3 is 5.97 Å². The first-order valence-electron chi connectivity index (χ1n) is 8.48. The molecule has 8 heteroatoms. The van der Waals surface area contributed by atoms with Crippen LogP contribution >= 0.6 is 12.2 Å². The molecule has 2 aromatic rings. The zero-order chi connectivity index (χ0) is 20.7. The van der Waals surface area contributed by atoms with E-state index in [1.165, 1.54) is 30.0 Å². The molecule has 1 aromatic carbocycles. The summed E-state index contributed by atoms with van der Waals surface area (Å²) in [5, 5.41) is 9.39. The van der Waals surface area contributed by atoms with E-state index >= 15 is 0 Å². The fourth-order valence-corrected chi connectivity index (χ4v) is 3.41. The maximum Gasteiger partial charge on any atom is 0.335 e. The number of carbonyl (C=O) groups is 3. The Hall–Kier alpha value is -3.26. The predicted octanol–water partition coefficient (Wildman–Crippen LogP) is 2.39. The van der Waals surface area contributed by atoms with Gasteiger partial charge in [0.15, 0.2) is 5.11 Å². The fraction of sp³-hybridized carbons (Fsp3) is 0.200. The number of aromatic nitrogens is 1. The van der Waals surface area contributed by atoms with Gasteiger partial charge < -0.3 is 9.67 Å². The molecule has 2 amide bonds. The number of aromatic carboxylic acids is 1. The Morgan fingerprint density at radius 1 is 1.07 bits per heavy atom. The van der Waals surface area contributed by atoms with Crippen molar-refractivity contribution in [2.75, 3.05) is 14.1 Å². The number of carboxylic acids is 1. The van der Waals surface area contributed by atoms with Crippen LogP contribution in [0.15, 0.2) is 35.9 Å². The predicted molar refractivity (Wildman–Crippen MR) is 108 cm³/mol. The molecule has 1 saturated heterocycles. The van der Waals surface area contributed by atoms with Crippen molar-refractivity contribution in [3.63, 3.8) is 0 Å². The molecule has 28 heavy (non-hydrogen) atoms. The van der Waals surface area contributed by atoms with Crippen molar-refractivity contribution < 1.29 is 19.5 Å². The maximum absolute atomic E-state index is 12.5. The van der Waals surface area contributed by atoms with Crippen molar-refractivity contribution in [1.82, 2.24) is 14.4 Å². The number of carboxylic acid groups (broad SMARTS) is 1. The first-order chi connectivity index (χ1) is 13.1. The lowest BCUT2D eigenvalue weighted by Crippen LogP contribution is -2.52. The summed E-state index contributed by atoms with van der Waals surface area (Å²) in [6.45, 7) is 3.73. The zero-order valence-electron chi connectivity index (χ0n) is 15.9. The molecule has 0 bridgehead atoms. The van der Waals surface area contributed by atoms with Crippen LogP contribution in [0.2, 0.25) is 0 Å². The number of benzene rings is 1. The van der Waals surface area contributed by atoms with E-state index in [0.29, 0.717) is 11.3 Å². The first kappa shape index (κ1) is 19.5. The minimum Gasteiger partial charge on any atom is -0.478 e. The Labute approximate surface area is 167 Å². The van der Waals surface area contributed by atoms with Crippen LogP contribution in [0.3, 0.4) is 0 Å². The van der Waals surface area contributed by atoms with E-state index in [9.17, 15) is 19.5 Å². The van der Waals surface area contributed by atoms with Crippen molar-refractivity contribution in [2.24, 2.45) is 0 Å². The molecule has 144 valence electrons. The average Bonchev–Trinajstić information content (AvgIpc) is 2.95. The van der Waals surface area contributed by atoms with Crippen LogP contribution in [0.4, 0.5) is 0 Å². The van der Waals surface area contributed by atoms with E-state index in [1.54, 1.807) is 24.3 Å². The highest BCUT2D eigenvalue weighted by molar-refractivity contribution is 7.80. The molecule has 1 fully saturated rings. The van der Waals surface area contributed by atoms with Crippen LogP contribution in [0.25, 0.3) is 11.8 Å². The lowest BCUT2D eigenvalue weighted by Gasteiger charge is -2.31. The van der Waals surface area contributed by atoms with Gasteiger partial charge in [0, 0.05) is 31.2 Å². The lowest BCUT2D eigenvalue weighted by atomic mass is 10.1. The summed E-state index contributed by atoms with van der Waals surface area (Å²) in [5.74, 6) is -1.91. The van der Waals surface area contributed by atoms with Crippen LogP contribution in [-0.4, -0.2) is 56.5 Å². The monoisotopic (exact) mass is 397 g/mol. The SMILES string of the molecule is Cc1cc(C=C2C(=O)N(C)C(=S)N(C)C2=O)c(C)n1-c1cccc(C(=O)O)c1. The van der Waals surface area contributed by atoms with Gasteiger partial charge in [-0.15, -0.1) is 0 Å². The molecule has 0 saturated carbocycles. The van der Waals surface area contributed by atoms with Crippen molar-refractivity contribution in [3.8, 4) is 5.69 Å². The molecule has 2 heterocycles. The number of amides is 2. The molecule has 0 radical (unpaired) electrons. The number of hydrogen-bond acceptors (Lipinski definition) is 4. The third-order valence-corrected chi connectivity index (χ3v) is 5.31. The van der Waals surface area contributed by atoms with Crippen molar-refractivity contribution in [2.45, 2.75) is 13.8 Å². The molecule has 0 spiro atoms. The van der Waals surface area contributed by atoms with Crippen LogP contribution in [-0.2, 0) is 9.59 Å². The third-order valence-electron chi connectivity index (χ3n) is 4.77. The molecule has 7 nitrogen and oxygen atoms in total. The number of hydrogen-bond donors (Lipinski definition) is 1. The summed E-state index contributed by atoms with van der Waals surface area (Å²) < 4.78 is 1.88. The highest BCUT2D eigenvalue weighted by atomic mass is 32.1. The third kappa shape index (κ3) is 3.11. The molecule has 1 aromatic heterocycles. The van der Waals surface area contributed by atoms with Crippen molar-refractivity contribution >= 4 is 41.2 Å². The van der Waals surface area contributed by atoms with Gasteiger partial charge in [-0.1, -0.05) is 6.07 Å². The first-order valence-corrected chi connectivity index (χ1v) is 8.88. The maximum atomic E-state index is 12.5. The molecule has 0 aliphatic carbocycles. The van der Waals surface area contributed by atoms with Gasteiger partial charge in [-0.2, -0.15) is 0 Å². The highest BCUT2D eigenvalue weighted by Crippen LogP contribution is 2.25. The van der Waals surface area contributed by atoms with Gasteiger partial charge in [0.25, 0.3) is 11.8 Å². The Balaban J connectivity index is 2.10.